The summed E-state index contributed by atoms with van der Waals surface area (Å²) in [5.41, 5.74) is 1.55. The first-order valence-corrected chi connectivity index (χ1v) is 10.3. The molecule has 0 bridgehead atoms. The van der Waals surface area contributed by atoms with Crippen LogP contribution in [0.15, 0.2) is 53.7 Å². The van der Waals surface area contributed by atoms with E-state index in [1.165, 1.54) is 11.8 Å². The van der Waals surface area contributed by atoms with Gasteiger partial charge in [0, 0.05) is 16.6 Å². The predicted octanol–water partition coefficient (Wildman–Crippen LogP) is 4.54. The first kappa shape index (κ1) is 18.8. The lowest BCUT2D eigenvalue weighted by molar-refractivity contribution is -0.113. The third kappa shape index (κ3) is 4.15. The lowest BCUT2D eigenvalue weighted by atomic mass is 10.3. The molecule has 0 atom stereocenters. The third-order valence-corrected chi connectivity index (χ3v) is 5.55. The van der Waals surface area contributed by atoms with Crippen LogP contribution >= 0.6 is 23.4 Å². The number of aromatic nitrogens is 3. The highest BCUT2D eigenvalue weighted by Crippen LogP contribution is 2.41. The molecule has 3 aromatic rings. The van der Waals surface area contributed by atoms with Crippen molar-refractivity contribution in [3.63, 3.8) is 0 Å². The van der Waals surface area contributed by atoms with E-state index in [1.807, 2.05) is 30.3 Å². The molecule has 1 aliphatic carbocycles. The third-order valence-electron chi connectivity index (χ3n) is 4.38. The number of anilines is 1. The summed E-state index contributed by atoms with van der Waals surface area (Å²) in [6.45, 7) is 0. The summed E-state index contributed by atoms with van der Waals surface area (Å²) >= 11 is 7.38. The van der Waals surface area contributed by atoms with Crippen molar-refractivity contribution < 1.29 is 9.53 Å². The van der Waals surface area contributed by atoms with Crippen molar-refractivity contribution in [1.29, 1.82) is 0 Å². The number of nitrogens with one attached hydrogen (secondary N) is 1. The molecule has 1 heterocycles. The normalized spacial score (nSPS) is 13.4. The molecule has 1 N–H and O–H groups in total. The van der Waals surface area contributed by atoms with E-state index in [1.54, 1.807) is 25.3 Å². The van der Waals surface area contributed by atoms with Crippen molar-refractivity contribution in [3.05, 3.63) is 59.4 Å². The van der Waals surface area contributed by atoms with Crippen LogP contribution in [0.4, 0.5) is 5.69 Å². The van der Waals surface area contributed by atoms with E-state index in [0.717, 1.165) is 24.4 Å². The monoisotopic (exact) mass is 414 g/mol. The van der Waals surface area contributed by atoms with E-state index in [2.05, 4.69) is 20.1 Å². The molecule has 4 rings (SSSR count). The Bertz CT molecular complexity index is 989. The van der Waals surface area contributed by atoms with Crippen molar-refractivity contribution in [2.75, 3.05) is 18.2 Å². The van der Waals surface area contributed by atoms with Crippen LogP contribution in [0.3, 0.4) is 0 Å². The quantitative estimate of drug-likeness (QED) is 0.575. The Morgan fingerprint density at radius 1 is 1.25 bits per heavy atom. The second-order valence-corrected chi connectivity index (χ2v) is 7.85. The van der Waals surface area contributed by atoms with Crippen molar-refractivity contribution in [2.45, 2.75) is 23.9 Å². The van der Waals surface area contributed by atoms with Gasteiger partial charge in [-0.05, 0) is 43.2 Å². The first-order valence-electron chi connectivity index (χ1n) is 8.92. The number of carbonyl (C=O) groups excluding carboxylic acids is 1. The van der Waals surface area contributed by atoms with Crippen molar-refractivity contribution in [2.24, 2.45) is 0 Å². The number of amides is 1. The van der Waals surface area contributed by atoms with Crippen LogP contribution in [-0.4, -0.2) is 33.5 Å². The summed E-state index contributed by atoms with van der Waals surface area (Å²) in [6.07, 6.45) is 2.26. The molecule has 1 saturated carbocycles. The molecule has 0 saturated heterocycles. The van der Waals surface area contributed by atoms with Crippen LogP contribution in [0, 0.1) is 0 Å². The molecule has 1 aliphatic rings. The Balaban J connectivity index is 1.50. The summed E-state index contributed by atoms with van der Waals surface area (Å²) in [5.74, 6) is 2.01. The van der Waals surface area contributed by atoms with Gasteiger partial charge in [-0.2, -0.15) is 0 Å². The zero-order chi connectivity index (χ0) is 19.5. The highest BCUT2D eigenvalue weighted by Gasteiger charge is 2.31. The minimum atomic E-state index is -0.166. The molecule has 0 aliphatic heterocycles. The maximum atomic E-state index is 12.5. The van der Waals surface area contributed by atoms with Gasteiger partial charge < -0.3 is 10.1 Å². The molecule has 1 fully saturated rings. The summed E-state index contributed by atoms with van der Waals surface area (Å²) in [6, 6.07) is 15.1. The van der Waals surface area contributed by atoms with Gasteiger partial charge in [0.15, 0.2) is 5.16 Å². The van der Waals surface area contributed by atoms with Gasteiger partial charge in [-0.1, -0.05) is 41.6 Å². The maximum Gasteiger partial charge on any atom is 0.234 e. The number of halogens is 1. The number of thioether (sulfide) groups is 1. The Morgan fingerprint density at radius 2 is 2.04 bits per heavy atom. The van der Waals surface area contributed by atoms with Gasteiger partial charge in [0.1, 0.15) is 11.6 Å². The maximum absolute atomic E-state index is 12.5. The predicted molar refractivity (Wildman–Crippen MR) is 111 cm³/mol. The van der Waals surface area contributed by atoms with Crippen molar-refractivity contribution in [3.8, 4) is 11.4 Å². The smallest absolute Gasteiger partial charge is 0.234 e. The second kappa shape index (κ2) is 8.24. The zero-order valence-electron chi connectivity index (χ0n) is 15.3. The molecule has 28 heavy (non-hydrogen) atoms. The van der Waals surface area contributed by atoms with Crippen LogP contribution in [0.5, 0.6) is 5.75 Å². The van der Waals surface area contributed by atoms with Crippen LogP contribution in [0.2, 0.25) is 5.02 Å². The molecule has 2 aromatic carbocycles. The van der Waals surface area contributed by atoms with Gasteiger partial charge in [0.2, 0.25) is 5.91 Å². The number of rotatable bonds is 7. The van der Waals surface area contributed by atoms with E-state index in [4.69, 9.17) is 16.3 Å². The molecular weight excluding hydrogens is 396 g/mol. The highest BCUT2D eigenvalue weighted by molar-refractivity contribution is 7.99. The van der Waals surface area contributed by atoms with Crippen LogP contribution in [0.1, 0.15) is 24.6 Å². The molecule has 0 radical (unpaired) electrons. The van der Waals surface area contributed by atoms with Crippen LogP contribution in [0.25, 0.3) is 5.69 Å². The Kier molecular flexibility index (Phi) is 5.54. The molecule has 6 nitrogen and oxygen atoms in total. The fourth-order valence-electron chi connectivity index (χ4n) is 2.89. The summed E-state index contributed by atoms with van der Waals surface area (Å²) in [5, 5.41) is 12.8. The van der Waals surface area contributed by atoms with E-state index >= 15 is 0 Å². The number of benzene rings is 2. The molecular formula is C20H19ClN4O2S. The fourth-order valence-corrected chi connectivity index (χ4v) is 3.83. The van der Waals surface area contributed by atoms with E-state index in [0.29, 0.717) is 27.5 Å². The summed E-state index contributed by atoms with van der Waals surface area (Å²) in [4.78, 5) is 12.5. The van der Waals surface area contributed by atoms with Gasteiger partial charge in [-0.25, -0.2) is 0 Å². The SMILES string of the molecule is COc1ccc(Cl)cc1NC(=O)CSc1nnc(C2CC2)n1-c1ccccc1. The van der Waals surface area contributed by atoms with Crippen molar-refractivity contribution >= 4 is 35.0 Å². The number of hydrogen-bond acceptors (Lipinski definition) is 5. The second-order valence-electron chi connectivity index (χ2n) is 6.47. The zero-order valence-corrected chi connectivity index (χ0v) is 16.8. The summed E-state index contributed by atoms with van der Waals surface area (Å²) < 4.78 is 7.32. The minimum absolute atomic E-state index is 0.166. The topological polar surface area (TPSA) is 69.0 Å². The molecule has 0 unspecified atom stereocenters. The van der Waals surface area contributed by atoms with Gasteiger partial charge in [0.25, 0.3) is 0 Å². The Labute approximate surface area is 172 Å². The lowest BCUT2D eigenvalue weighted by Gasteiger charge is -2.11. The molecule has 1 amide bonds. The number of hydrogen-bond donors (Lipinski definition) is 1. The van der Waals surface area contributed by atoms with Crippen LogP contribution < -0.4 is 10.1 Å². The van der Waals surface area contributed by atoms with Gasteiger partial charge in [0.05, 0.1) is 18.6 Å². The molecule has 1 aromatic heterocycles. The number of ether oxygens (including phenoxy) is 1. The van der Waals surface area contributed by atoms with E-state index in [9.17, 15) is 4.79 Å². The lowest BCUT2D eigenvalue weighted by Crippen LogP contribution is -2.15. The standard InChI is InChI=1S/C20H19ClN4O2S/c1-27-17-10-9-14(21)11-16(17)22-18(26)12-28-20-24-23-19(13-7-8-13)25(20)15-5-3-2-4-6-15/h2-6,9-11,13H,7-8,12H2,1H3,(H,22,26). The molecule has 0 spiro atoms. The van der Waals surface area contributed by atoms with E-state index in [-0.39, 0.29) is 11.7 Å². The van der Waals surface area contributed by atoms with E-state index < -0.39 is 0 Å². The van der Waals surface area contributed by atoms with Crippen molar-refractivity contribution in [1.82, 2.24) is 14.8 Å². The molecule has 8 heteroatoms. The Hall–Kier alpha value is -2.51. The average molecular weight is 415 g/mol. The minimum Gasteiger partial charge on any atom is -0.495 e. The van der Waals surface area contributed by atoms with Gasteiger partial charge in [-0.15, -0.1) is 10.2 Å². The number of methoxy groups -OCH3 is 1. The average Bonchev–Trinajstić information content (AvgIpc) is 3.46. The molecule has 144 valence electrons. The number of nitrogens with zero attached hydrogens (tertiary/aromatic N) is 3. The number of para-hydroxylation sites is 1. The number of carbonyl (C=O) groups is 1. The van der Waals surface area contributed by atoms with Gasteiger partial charge >= 0.3 is 0 Å². The summed E-state index contributed by atoms with van der Waals surface area (Å²) in [7, 11) is 1.55. The highest BCUT2D eigenvalue weighted by atomic mass is 35.5. The first-order chi connectivity index (χ1) is 13.7. The van der Waals surface area contributed by atoms with Gasteiger partial charge in [-0.3, -0.25) is 9.36 Å². The largest absolute Gasteiger partial charge is 0.495 e. The Morgan fingerprint density at radius 3 is 2.75 bits per heavy atom. The van der Waals surface area contributed by atoms with Crippen LogP contribution in [-0.2, 0) is 4.79 Å². The fraction of sp³-hybridized carbons (Fsp3) is 0.250.